The maximum atomic E-state index is 12.5. The van der Waals surface area contributed by atoms with Crippen LogP contribution in [0.4, 0.5) is 0 Å². The Kier molecular flexibility index (Phi) is 3.87. The number of carbonyl (C=O) groups excluding carboxylic acids is 2. The molecule has 3 rings (SSSR count). The minimum absolute atomic E-state index is 0.0475. The molecule has 0 aromatic heterocycles. The van der Waals surface area contributed by atoms with Gasteiger partial charge in [0.2, 0.25) is 11.8 Å². The van der Waals surface area contributed by atoms with E-state index in [1.165, 1.54) is 24.2 Å². The van der Waals surface area contributed by atoms with E-state index >= 15 is 0 Å². The summed E-state index contributed by atoms with van der Waals surface area (Å²) in [4.78, 5) is 36.8. The Balaban J connectivity index is 1.64. The van der Waals surface area contributed by atoms with Crippen LogP contribution in [0.5, 0.6) is 0 Å². The fraction of sp³-hybridized carbons (Fsp3) is 0.800. The van der Waals surface area contributed by atoms with Crippen molar-refractivity contribution >= 4 is 17.8 Å². The summed E-state index contributed by atoms with van der Waals surface area (Å²) < 4.78 is 0. The van der Waals surface area contributed by atoms with Gasteiger partial charge in [0.05, 0.1) is 6.42 Å². The van der Waals surface area contributed by atoms with Gasteiger partial charge in [0.25, 0.3) is 0 Å². The van der Waals surface area contributed by atoms with E-state index in [0.717, 1.165) is 12.3 Å². The fourth-order valence-electron chi connectivity index (χ4n) is 4.35. The van der Waals surface area contributed by atoms with Gasteiger partial charge in [-0.3, -0.25) is 14.4 Å². The number of carboxylic acid groups (broad SMARTS) is 1. The van der Waals surface area contributed by atoms with Crippen LogP contribution in [0.3, 0.4) is 0 Å². The number of nitrogens with zero attached hydrogens (tertiary/aromatic N) is 1. The quantitative estimate of drug-likeness (QED) is 0.795. The van der Waals surface area contributed by atoms with Crippen LogP contribution in [0, 0.1) is 17.8 Å². The predicted molar refractivity (Wildman–Crippen MR) is 74.3 cm³/mol. The largest absolute Gasteiger partial charge is 0.481 e. The molecule has 0 spiro atoms. The molecule has 1 saturated heterocycles. The molecule has 3 fully saturated rings. The average Bonchev–Trinajstić information content (AvgIpc) is 3.02. The predicted octanol–water partition coefficient (Wildman–Crippen LogP) is 0.614. The number of aliphatic carboxylic acids is 1. The maximum Gasteiger partial charge on any atom is 0.305 e. The number of hydrogen-bond acceptors (Lipinski definition) is 3. The van der Waals surface area contributed by atoms with Gasteiger partial charge < -0.3 is 15.3 Å². The zero-order valence-corrected chi connectivity index (χ0v) is 12.1. The molecular formula is C15H22N2O4. The van der Waals surface area contributed by atoms with Crippen molar-refractivity contribution < 1.29 is 19.5 Å². The van der Waals surface area contributed by atoms with E-state index in [2.05, 4.69) is 5.32 Å². The molecule has 6 heteroatoms. The van der Waals surface area contributed by atoms with Gasteiger partial charge in [-0.1, -0.05) is 6.42 Å². The van der Waals surface area contributed by atoms with Gasteiger partial charge in [-0.2, -0.15) is 0 Å². The summed E-state index contributed by atoms with van der Waals surface area (Å²) in [5.74, 6) is 0.447. The molecule has 2 amide bonds. The van der Waals surface area contributed by atoms with Crippen LogP contribution >= 0.6 is 0 Å². The second-order valence-corrected chi connectivity index (χ2v) is 6.63. The van der Waals surface area contributed by atoms with E-state index in [4.69, 9.17) is 5.11 Å². The minimum atomic E-state index is -1.05. The van der Waals surface area contributed by atoms with Crippen LogP contribution < -0.4 is 5.32 Å². The first kappa shape index (κ1) is 14.4. The van der Waals surface area contributed by atoms with Gasteiger partial charge in [-0.15, -0.1) is 0 Å². The highest BCUT2D eigenvalue weighted by atomic mass is 16.4. The second-order valence-electron chi connectivity index (χ2n) is 6.63. The summed E-state index contributed by atoms with van der Waals surface area (Å²) in [6.07, 6.45) is 5.06. The number of carboxylic acids is 1. The van der Waals surface area contributed by atoms with Crippen LogP contribution in [0.15, 0.2) is 0 Å². The zero-order valence-electron chi connectivity index (χ0n) is 12.1. The van der Waals surface area contributed by atoms with Gasteiger partial charge in [0.15, 0.2) is 0 Å². The van der Waals surface area contributed by atoms with Crippen LogP contribution in [-0.4, -0.2) is 46.9 Å². The van der Waals surface area contributed by atoms with Crippen LogP contribution in [0.1, 0.15) is 38.5 Å². The lowest BCUT2D eigenvalue weighted by molar-refractivity contribution is -0.149. The minimum Gasteiger partial charge on any atom is -0.481 e. The number of hydrogen-bond donors (Lipinski definition) is 2. The van der Waals surface area contributed by atoms with E-state index in [-0.39, 0.29) is 18.2 Å². The maximum absolute atomic E-state index is 12.5. The summed E-state index contributed by atoms with van der Waals surface area (Å²) in [5, 5.41) is 11.6. The molecule has 0 aromatic carbocycles. The molecule has 3 aliphatic rings. The SMILES string of the molecule is O=C(O)CC1C(=O)NCCN1C(=O)CC1CC2CCC1C2. The Hall–Kier alpha value is -1.59. The lowest BCUT2D eigenvalue weighted by Gasteiger charge is -2.35. The zero-order chi connectivity index (χ0) is 15.0. The first-order valence-corrected chi connectivity index (χ1v) is 7.83. The first-order chi connectivity index (χ1) is 10.0. The summed E-state index contributed by atoms with van der Waals surface area (Å²) >= 11 is 0. The number of rotatable bonds is 4. The third kappa shape index (κ3) is 2.89. The molecule has 1 aliphatic heterocycles. The van der Waals surface area contributed by atoms with Crippen LogP contribution in [0.25, 0.3) is 0 Å². The standard InChI is InChI=1S/C15H22N2O4/c18-13(7-11-6-9-1-2-10(11)5-9)17-4-3-16-15(21)12(17)8-14(19)20/h9-12H,1-8H2,(H,16,21)(H,19,20). The van der Waals surface area contributed by atoms with Crippen LogP contribution in [0.2, 0.25) is 0 Å². The summed E-state index contributed by atoms with van der Waals surface area (Å²) in [6, 6.07) is -0.845. The Morgan fingerprint density at radius 3 is 2.67 bits per heavy atom. The average molecular weight is 294 g/mol. The summed E-state index contributed by atoms with van der Waals surface area (Å²) in [6.45, 7) is 0.834. The molecular weight excluding hydrogens is 272 g/mol. The highest BCUT2D eigenvalue weighted by Gasteiger charge is 2.42. The molecule has 2 N–H and O–H groups in total. The third-order valence-corrected chi connectivity index (χ3v) is 5.34. The smallest absolute Gasteiger partial charge is 0.305 e. The summed E-state index contributed by atoms with van der Waals surface area (Å²) in [7, 11) is 0. The highest BCUT2D eigenvalue weighted by molar-refractivity contribution is 5.91. The van der Waals surface area contributed by atoms with Crippen molar-refractivity contribution in [3.8, 4) is 0 Å². The molecule has 1 heterocycles. The molecule has 2 bridgehead atoms. The lowest BCUT2D eigenvalue weighted by atomic mass is 9.86. The van der Waals surface area contributed by atoms with Gasteiger partial charge in [0, 0.05) is 19.5 Å². The fourth-order valence-corrected chi connectivity index (χ4v) is 4.35. The number of carbonyl (C=O) groups is 3. The van der Waals surface area contributed by atoms with Gasteiger partial charge in [0.1, 0.15) is 6.04 Å². The van der Waals surface area contributed by atoms with Crippen molar-refractivity contribution in [2.45, 2.75) is 44.6 Å². The van der Waals surface area contributed by atoms with Gasteiger partial charge in [-0.25, -0.2) is 0 Å². The van der Waals surface area contributed by atoms with Crippen molar-refractivity contribution in [1.29, 1.82) is 0 Å². The summed E-state index contributed by atoms with van der Waals surface area (Å²) in [5.41, 5.74) is 0. The van der Waals surface area contributed by atoms with E-state index in [1.807, 2.05) is 0 Å². The van der Waals surface area contributed by atoms with Gasteiger partial charge >= 0.3 is 5.97 Å². The third-order valence-electron chi connectivity index (χ3n) is 5.34. The number of piperazine rings is 1. The number of amides is 2. The van der Waals surface area contributed by atoms with Gasteiger partial charge in [-0.05, 0) is 37.0 Å². The lowest BCUT2D eigenvalue weighted by Crippen LogP contribution is -2.58. The van der Waals surface area contributed by atoms with E-state index in [0.29, 0.717) is 31.3 Å². The Morgan fingerprint density at radius 2 is 2.05 bits per heavy atom. The van der Waals surface area contributed by atoms with Crippen LogP contribution in [-0.2, 0) is 14.4 Å². The van der Waals surface area contributed by atoms with Crippen molar-refractivity contribution in [3.63, 3.8) is 0 Å². The molecule has 4 unspecified atom stereocenters. The van der Waals surface area contributed by atoms with Crippen molar-refractivity contribution in [3.05, 3.63) is 0 Å². The normalized spacial score (nSPS) is 34.9. The Labute approximate surface area is 123 Å². The Bertz CT molecular complexity index is 465. The highest BCUT2D eigenvalue weighted by Crippen LogP contribution is 2.49. The van der Waals surface area contributed by atoms with Crippen molar-refractivity contribution in [2.24, 2.45) is 17.8 Å². The molecule has 21 heavy (non-hydrogen) atoms. The molecule has 4 atom stereocenters. The Morgan fingerprint density at radius 1 is 1.24 bits per heavy atom. The van der Waals surface area contributed by atoms with Crippen molar-refractivity contribution in [2.75, 3.05) is 13.1 Å². The number of fused-ring (bicyclic) bond motifs is 2. The molecule has 0 radical (unpaired) electrons. The number of nitrogens with one attached hydrogen (secondary N) is 1. The molecule has 116 valence electrons. The monoisotopic (exact) mass is 294 g/mol. The first-order valence-electron chi connectivity index (χ1n) is 7.83. The second kappa shape index (κ2) is 5.66. The van der Waals surface area contributed by atoms with E-state index in [9.17, 15) is 14.4 Å². The van der Waals surface area contributed by atoms with Crippen molar-refractivity contribution in [1.82, 2.24) is 10.2 Å². The molecule has 2 aliphatic carbocycles. The molecule has 0 aromatic rings. The van der Waals surface area contributed by atoms with E-state index in [1.54, 1.807) is 0 Å². The molecule has 6 nitrogen and oxygen atoms in total. The topological polar surface area (TPSA) is 86.7 Å². The van der Waals surface area contributed by atoms with E-state index < -0.39 is 12.0 Å². The molecule has 2 saturated carbocycles.